The van der Waals surface area contributed by atoms with Gasteiger partial charge in [0.2, 0.25) is 5.91 Å². The maximum absolute atomic E-state index is 12.3. The summed E-state index contributed by atoms with van der Waals surface area (Å²) in [6.07, 6.45) is 8.34. The molecule has 0 aromatic heterocycles. The van der Waals surface area contributed by atoms with Crippen LogP contribution in [0.3, 0.4) is 0 Å². The van der Waals surface area contributed by atoms with Crippen LogP contribution in [0.4, 0.5) is 0 Å². The van der Waals surface area contributed by atoms with Crippen LogP contribution in [0.25, 0.3) is 0 Å². The Bertz CT molecular complexity index is 341. The van der Waals surface area contributed by atoms with Crippen molar-refractivity contribution in [1.29, 1.82) is 0 Å². The van der Waals surface area contributed by atoms with E-state index in [1.165, 1.54) is 19.3 Å². The Morgan fingerprint density at radius 1 is 1.23 bits per heavy atom. The van der Waals surface area contributed by atoms with E-state index in [-0.39, 0.29) is 11.8 Å². The predicted molar refractivity (Wildman–Crippen MR) is 92.2 cm³/mol. The van der Waals surface area contributed by atoms with Crippen molar-refractivity contribution in [2.24, 2.45) is 11.8 Å². The summed E-state index contributed by atoms with van der Waals surface area (Å²) < 4.78 is 0. The van der Waals surface area contributed by atoms with Crippen molar-refractivity contribution < 1.29 is 14.7 Å². The van der Waals surface area contributed by atoms with Crippen LogP contribution in [0.5, 0.6) is 0 Å². The van der Waals surface area contributed by atoms with Gasteiger partial charge in [0.25, 0.3) is 0 Å². The van der Waals surface area contributed by atoms with Crippen LogP contribution in [0.2, 0.25) is 0 Å². The third kappa shape index (κ3) is 7.03. The molecular weight excluding hydrogens is 298 g/mol. The first-order chi connectivity index (χ1) is 10.6. The summed E-state index contributed by atoms with van der Waals surface area (Å²) >= 11 is 1.71. The molecule has 1 rings (SSSR count). The average molecular weight is 330 g/mol. The lowest BCUT2D eigenvalue weighted by molar-refractivity contribution is -0.142. The van der Waals surface area contributed by atoms with Gasteiger partial charge in [-0.25, -0.2) is 4.79 Å². The smallest absolute Gasteiger partial charge is 0.326 e. The van der Waals surface area contributed by atoms with Crippen molar-refractivity contribution >= 4 is 23.6 Å². The van der Waals surface area contributed by atoms with Crippen LogP contribution < -0.4 is 5.32 Å². The maximum atomic E-state index is 12.3. The van der Waals surface area contributed by atoms with E-state index < -0.39 is 12.0 Å². The zero-order valence-corrected chi connectivity index (χ0v) is 14.8. The lowest BCUT2D eigenvalue weighted by Gasteiger charge is -2.28. The number of aliphatic carboxylic acids is 1. The summed E-state index contributed by atoms with van der Waals surface area (Å²) in [6.45, 7) is 4.26. The number of nitrogens with one attached hydrogen (secondary N) is 1. The number of unbranched alkanes of at least 4 members (excludes halogenated alkanes) is 1. The van der Waals surface area contributed by atoms with E-state index in [2.05, 4.69) is 19.2 Å². The Morgan fingerprint density at radius 3 is 2.45 bits per heavy atom. The fourth-order valence-corrected chi connectivity index (χ4v) is 3.79. The summed E-state index contributed by atoms with van der Waals surface area (Å²) in [5.41, 5.74) is 0. The number of hydrogen-bond donors (Lipinski definition) is 2. The van der Waals surface area contributed by atoms with Crippen molar-refractivity contribution in [3.63, 3.8) is 0 Å². The number of carbonyl (C=O) groups excluding carboxylic acids is 1. The number of amides is 1. The molecule has 2 N–H and O–H groups in total. The van der Waals surface area contributed by atoms with Crippen LogP contribution in [0, 0.1) is 11.8 Å². The summed E-state index contributed by atoms with van der Waals surface area (Å²) in [4.78, 5) is 23.5. The van der Waals surface area contributed by atoms with Gasteiger partial charge in [-0.3, -0.25) is 4.79 Å². The second-order valence-corrected chi connectivity index (χ2v) is 7.64. The van der Waals surface area contributed by atoms with E-state index in [1.807, 2.05) is 0 Å². The highest BCUT2D eigenvalue weighted by atomic mass is 32.2. The number of rotatable bonds is 10. The fourth-order valence-electron chi connectivity index (χ4n) is 3.10. The standard InChI is InChI=1S/C17H31NO3S/c1-3-5-6-13-7-9-14(10-8-13)16(19)18-15(17(20)21)11-12-22-4-2/h13-15H,3-12H2,1-2H3,(H,18,19)(H,20,21). The first-order valence-corrected chi connectivity index (χ1v) is 9.84. The van der Waals surface area contributed by atoms with Crippen LogP contribution in [0.1, 0.15) is 65.2 Å². The maximum Gasteiger partial charge on any atom is 0.326 e. The van der Waals surface area contributed by atoms with E-state index in [0.717, 1.165) is 43.1 Å². The molecule has 1 fully saturated rings. The van der Waals surface area contributed by atoms with Crippen LogP contribution in [-0.4, -0.2) is 34.5 Å². The monoisotopic (exact) mass is 329 g/mol. The van der Waals surface area contributed by atoms with E-state index in [9.17, 15) is 14.7 Å². The number of carboxylic acid groups (broad SMARTS) is 1. The minimum atomic E-state index is -0.915. The second-order valence-electron chi connectivity index (χ2n) is 6.24. The molecule has 1 atom stereocenters. The molecule has 5 heteroatoms. The third-order valence-corrected chi connectivity index (χ3v) is 5.49. The van der Waals surface area contributed by atoms with Crippen molar-refractivity contribution in [2.45, 2.75) is 71.3 Å². The molecule has 128 valence electrons. The largest absolute Gasteiger partial charge is 0.480 e. The highest BCUT2D eigenvalue weighted by molar-refractivity contribution is 7.99. The first-order valence-electron chi connectivity index (χ1n) is 8.69. The van der Waals surface area contributed by atoms with Gasteiger partial charge in [0.15, 0.2) is 0 Å². The van der Waals surface area contributed by atoms with Gasteiger partial charge in [-0.2, -0.15) is 11.8 Å². The van der Waals surface area contributed by atoms with Gasteiger partial charge in [0.05, 0.1) is 0 Å². The molecule has 0 bridgehead atoms. The zero-order valence-electron chi connectivity index (χ0n) is 14.0. The molecule has 4 nitrogen and oxygen atoms in total. The Labute approximate surface area is 138 Å². The van der Waals surface area contributed by atoms with Gasteiger partial charge in [-0.15, -0.1) is 0 Å². The molecule has 0 heterocycles. The SMILES string of the molecule is CCCCC1CCC(C(=O)NC(CCSCC)C(=O)O)CC1. The Kier molecular flexibility index (Phi) is 9.60. The van der Waals surface area contributed by atoms with Crippen molar-refractivity contribution in [3.8, 4) is 0 Å². The van der Waals surface area contributed by atoms with Gasteiger partial charge in [0, 0.05) is 5.92 Å². The van der Waals surface area contributed by atoms with Gasteiger partial charge in [-0.05, 0) is 49.5 Å². The fraction of sp³-hybridized carbons (Fsp3) is 0.882. The Hall–Kier alpha value is -0.710. The molecule has 22 heavy (non-hydrogen) atoms. The second kappa shape index (κ2) is 10.9. The summed E-state index contributed by atoms with van der Waals surface area (Å²) in [5, 5.41) is 12.0. The topological polar surface area (TPSA) is 66.4 Å². The molecule has 0 radical (unpaired) electrons. The van der Waals surface area contributed by atoms with Gasteiger partial charge in [0.1, 0.15) is 6.04 Å². The van der Waals surface area contributed by atoms with Crippen molar-refractivity contribution in [1.82, 2.24) is 5.32 Å². The van der Waals surface area contributed by atoms with Crippen LogP contribution in [-0.2, 0) is 9.59 Å². The normalized spacial score (nSPS) is 23.0. The molecular formula is C17H31NO3S. The molecule has 0 saturated heterocycles. The number of carboxylic acids is 1. The minimum absolute atomic E-state index is 0.0126. The molecule has 1 aliphatic carbocycles. The number of hydrogen-bond acceptors (Lipinski definition) is 3. The highest BCUT2D eigenvalue weighted by Crippen LogP contribution is 2.32. The molecule has 0 aromatic carbocycles. The quantitative estimate of drug-likeness (QED) is 0.600. The molecule has 1 amide bonds. The van der Waals surface area contributed by atoms with E-state index in [4.69, 9.17) is 0 Å². The average Bonchev–Trinajstić information content (AvgIpc) is 2.52. The van der Waals surface area contributed by atoms with Gasteiger partial charge >= 0.3 is 5.97 Å². The Balaban J connectivity index is 2.35. The van der Waals surface area contributed by atoms with Crippen molar-refractivity contribution in [2.75, 3.05) is 11.5 Å². The van der Waals surface area contributed by atoms with Gasteiger partial charge in [-0.1, -0.05) is 33.1 Å². The lowest BCUT2D eigenvalue weighted by Crippen LogP contribution is -2.44. The zero-order chi connectivity index (χ0) is 16.4. The molecule has 0 spiro atoms. The van der Waals surface area contributed by atoms with Crippen LogP contribution in [0.15, 0.2) is 0 Å². The molecule has 1 saturated carbocycles. The molecule has 1 unspecified atom stereocenters. The molecule has 0 aliphatic heterocycles. The first kappa shape index (κ1) is 19.3. The molecule has 0 aromatic rings. The van der Waals surface area contributed by atoms with Gasteiger partial charge < -0.3 is 10.4 Å². The lowest BCUT2D eigenvalue weighted by atomic mass is 9.79. The number of thioether (sulfide) groups is 1. The summed E-state index contributed by atoms with van der Waals surface area (Å²) in [6, 6.07) is -0.732. The summed E-state index contributed by atoms with van der Waals surface area (Å²) in [7, 11) is 0. The minimum Gasteiger partial charge on any atom is -0.480 e. The van der Waals surface area contributed by atoms with Crippen LogP contribution >= 0.6 is 11.8 Å². The van der Waals surface area contributed by atoms with E-state index in [0.29, 0.717) is 6.42 Å². The highest BCUT2D eigenvalue weighted by Gasteiger charge is 2.28. The third-order valence-electron chi connectivity index (χ3n) is 4.55. The molecule has 1 aliphatic rings. The van der Waals surface area contributed by atoms with E-state index in [1.54, 1.807) is 11.8 Å². The predicted octanol–water partition coefficient (Wildman–Crippen LogP) is 3.70. The van der Waals surface area contributed by atoms with Crippen molar-refractivity contribution in [3.05, 3.63) is 0 Å². The Morgan fingerprint density at radius 2 is 1.91 bits per heavy atom. The number of carbonyl (C=O) groups is 2. The summed E-state index contributed by atoms with van der Waals surface area (Å²) in [5.74, 6) is 1.56. The van der Waals surface area contributed by atoms with E-state index >= 15 is 0 Å².